The van der Waals surface area contributed by atoms with Gasteiger partial charge < -0.3 is 5.11 Å². The smallest absolute Gasteiger partial charge is 0.337 e. The summed E-state index contributed by atoms with van der Waals surface area (Å²) >= 11 is 0. The third-order valence-electron chi connectivity index (χ3n) is 3.17. The molecule has 0 spiro atoms. The van der Waals surface area contributed by atoms with Gasteiger partial charge in [0, 0.05) is 11.3 Å². The zero-order valence-electron chi connectivity index (χ0n) is 11.2. The fourth-order valence-electron chi connectivity index (χ4n) is 2.19. The van der Waals surface area contributed by atoms with E-state index in [1.807, 2.05) is 44.2 Å². The number of aromatic carboxylic acids is 1. The van der Waals surface area contributed by atoms with E-state index < -0.39 is 5.97 Å². The van der Waals surface area contributed by atoms with Crippen LogP contribution in [0.1, 0.15) is 35.6 Å². The fourth-order valence-corrected chi connectivity index (χ4v) is 2.19. The molecule has 0 aliphatic heterocycles. The molecule has 19 heavy (non-hydrogen) atoms. The van der Waals surface area contributed by atoms with Gasteiger partial charge in [0.1, 0.15) is 0 Å². The number of hydrogen-bond acceptors (Lipinski definition) is 2. The maximum atomic E-state index is 11.3. The van der Waals surface area contributed by atoms with Crippen molar-refractivity contribution in [3.63, 3.8) is 0 Å². The van der Waals surface area contributed by atoms with E-state index in [0.29, 0.717) is 17.7 Å². The van der Waals surface area contributed by atoms with Crippen molar-refractivity contribution < 1.29 is 9.90 Å². The molecule has 3 nitrogen and oxygen atoms in total. The predicted octanol–water partition coefficient (Wildman–Crippen LogP) is 3.57. The lowest BCUT2D eigenvalue weighted by atomic mass is 9.98. The Labute approximate surface area is 112 Å². The van der Waals surface area contributed by atoms with Gasteiger partial charge in [0.15, 0.2) is 0 Å². The van der Waals surface area contributed by atoms with E-state index in [1.165, 1.54) is 0 Å². The van der Waals surface area contributed by atoms with E-state index in [9.17, 15) is 9.90 Å². The van der Waals surface area contributed by atoms with Gasteiger partial charge in [-0.2, -0.15) is 0 Å². The Kier molecular flexibility index (Phi) is 3.95. The van der Waals surface area contributed by atoms with Crippen LogP contribution in [-0.4, -0.2) is 16.1 Å². The number of hydrogen-bond donors (Lipinski definition) is 1. The molecule has 0 aliphatic rings. The molecule has 0 atom stereocenters. The van der Waals surface area contributed by atoms with Crippen LogP contribution in [0, 0.1) is 0 Å². The van der Waals surface area contributed by atoms with Gasteiger partial charge in [-0.3, -0.25) is 4.98 Å². The zero-order valence-corrected chi connectivity index (χ0v) is 11.2. The van der Waals surface area contributed by atoms with Crippen molar-refractivity contribution >= 4 is 5.97 Å². The fraction of sp³-hybridized carbons (Fsp3) is 0.250. The van der Waals surface area contributed by atoms with Crippen LogP contribution in [0.4, 0.5) is 0 Å². The average Bonchev–Trinajstić information content (AvgIpc) is 2.46. The number of aromatic nitrogens is 1. The highest BCUT2D eigenvalue weighted by atomic mass is 16.4. The number of pyridine rings is 1. The molecule has 3 heteroatoms. The molecule has 2 aromatic rings. The second kappa shape index (κ2) is 5.65. The SMILES string of the molecule is CCc1nc(CC)c(-c2ccccc2)cc1C(=O)O. The van der Waals surface area contributed by atoms with Crippen molar-refractivity contribution in [1.82, 2.24) is 4.98 Å². The molecule has 2 rings (SSSR count). The summed E-state index contributed by atoms with van der Waals surface area (Å²) in [6.45, 7) is 3.96. The second-order valence-electron chi connectivity index (χ2n) is 4.36. The Hall–Kier alpha value is -2.16. The van der Waals surface area contributed by atoms with Crippen LogP contribution in [0.5, 0.6) is 0 Å². The van der Waals surface area contributed by atoms with Crippen LogP contribution in [0.3, 0.4) is 0 Å². The first kappa shape index (κ1) is 13.3. The van der Waals surface area contributed by atoms with Crippen molar-refractivity contribution in [1.29, 1.82) is 0 Å². The molecule has 0 amide bonds. The van der Waals surface area contributed by atoms with Gasteiger partial charge in [-0.25, -0.2) is 4.79 Å². The van der Waals surface area contributed by atoms with E-state index in [4.69, 9.17) is 0 Å². The van der Waals surface area contributed by atoms with Crippen molar-refractivity contribution in [2.45, 2.75) is 26.7 Å². The second-order valence-corrected chi connectivity index (χ2v) is 4.36. The number of benzene rings is 1. The normalized spacial score (nSPS) is 10.4. The van der Waals surface area contributed by atoms with E-state index in [2.05, 4.69) is 4.98 Å². The lowest BCUT2D eigenvalue weighted by Crippen LogP contribution is -2.07. The summed E-state index contributed by atoms with van der Waals surface area (Å²) in [4.78, 5) is 15.9. The van der Waals surface area contributed by atoms with Gasteiger partial charge in [0.2, 0.25) is 0 Å². The highest BCUT2D eigenvalue weighted by Gasteiger charge is 2.15. The highest BCUT2D eigenvalue weighted by Crippen LogP contribution is 2.25. The Balaban J connectivity index is 2.66. The number of rotatable bonds is 4. The topological polar surface area (TPSA) is 50.2 Å². The van der Waals surface area contributed by atoms with Crippen LogP contribution < -0.4 is 0 Å². The molecule has 98 valence electrons. The molecule has 1 N–H and O–H groups in total. The Morgan fingerprint density at radius 1 is 1.11 bits per heavy atom. The molecule has 0 bridgehead atoms. The van der Waals surface area contributed by atoms with Gasteiger partial charge in [0.05, 0.1) is 11.3 Å². The first-order valence-corrected chi connectivity index (χ1v) is 6.48. The van der Waals surface area contributed by atoms with Crippen molar-refractivity contribution in [2.24, 2.45) is 0 Å². The number of carboxylic acid groups (broad SMARTS) is 1. The molecule has 0 aliphatic carbocycles. The standard InChI is InChI=1S/C16H17NO2/c1-3-14-12(11-8-6-5-7-9-11)10-13(16(18)19)15(4-2)17-14/h5-10H,3-4H2,1-2H3,(H,18,19). The Morgan fingerprint density at radius 3 is 2.26 bits per heavy atom. The van der Waals surface area contributed by atoms with Crippen molar-refractivity contribution in [3.05, 3.63) is 53.3 Å². The number of carbonyl (C=O) groups is 1. The van der Waals surface area contributed by atoms with Crippen LogP contribution in [0.2, 0.25) is 0 Å². The van der Waals surface area contributed by atoms with Gasteiger partial charge in [-0.15, -0.1) is 0 Å². The summed E-state index contributed by atoms with van der Waals surface area (Å²) in [5, 5.41) is 9.29. The zero-order chi connectivity index (χ0) is 13.8. The minimum absolute atomic E-state index is 0.304. The van der Waals surface area contributed by atoms with Crippen molar-refractivity contribution in [2.75, 3.05) is 0 Å². The minimum Gasteiger partial charge on any atom is -0.478 e. The summed E-state index contributed by atoms with van der Waals surface area (Å²) in [5.41, 5.74) is 3.84. The molecule has 0 radical (unpaired) electrons. The summed E-state index contributed by atoms with van der Waals surface area (Å²) < 4.78 is 0. The largest absolute Gasteiger partial charge is 0.478 e. The quantitative estimate of drug-likeness (QED) is 0.908. The van der Waals surface area contributed by atoms with Gasteiger partial charge in [-0.05, 0) is 24.5 Å². The number of aryl methyl sites for hydroxylation is 2. The van der Waals surface area contributed by atoms with E-state index >= 15 is 0 Å². The molecule has 1 aromatic carbocycles. The molecule has 0 unspecified atom stereocenters. The molecule has 0 saturated heterocycles. The van der Waals surface area contributed by atoms with Crippen LogP contribution >= 0.6 is 0 Å². The Bertz CT molecular complexity index is 591. The lowest BCUT2D eigenvalue weighted by Gasteiger charge is -2.12. The molecular weight excluding hydrogens is 238 g/mol. The summed E-state index contributed by atoms with van der Waals surface area (Å²) in [5.74, 6) is -0.913. The van der Waals surface area contributed by atoms with Crippen LogP contribution in [0.15, 0.2) is 36.4 Å². The first-order chi connectivity index (χ1) is 9.17. The summed E-state index contributed by atoms with van der Waals surface area (Å²) in [6, 6.07) is 11.6. The molecular formula is C16H17NO2. The van der Waals surface area contributed by atoms with Gasteiger partial charge >= 0.3 is 5.97 Å². The predicted molar refractivity (Wildman–Crippen MR) is 75.4 cm³/mol. The number of carboxylic acids is 1. The molecule has 1 heterocycles. The van der Waals surface area contributed by atoms with Crippen LogP contribution in [0.25, 0.3) is 11.1 Å². The number of nitrogens with zero attached hydrogens (tertiary/aromatic N) is 1. The lowest BCUT2D eigenvalue weighted by molar-refractivity contribution is 0.0695. The molecule has 0 saturated carbocycles. The van der Waals surface area contributed by atoms with E-state index in [1.54, 1.807) is 6.07 Å². The minimum atomic E-state index is -0.913. The van der Waals surface area contributed by atoms with Crippen molar-refractivity contribution in [3.8, 4) is 11.1 Å². The molecule has 0 fully saturated rings. The highest BCUT2D eigenvalue weighted by molar-refractivity contribution is 5.91. The van der Waals surface area contributed by atoms with Gasteiger partial charge in [0.25, 0.3) is 0 Å². The van der Waals surface area contributed by atoms with E-state index in [0.717, 1.165) is 23.2 Å². The monoisotopic (exact) mass is 255 g/mol. The molecule has 1 aromatic heterocycles. The third kappa shape index (κ3) is 2.65. The third-order valence-corrected chi connectivity index (χ3v) is 3.17. The maximum Gasteiger partial charge on any atom is 0.337 e. The summed E-state index contributed by atoms with van der Waals surface area (Å²) in [7, 11) is 0. The maximum absolute atomic E-state index is 11.3. The Morgan fingerprint density at radius 2 is 1.74 bits per heavy atom. The first-order valence-electron chi connectivity index (χ1n) is 6.48. The average molecular weight is 255 g/mol. The van der Waals surface area contributed by atoms with Crippen LogP contribution in [-0.2, 0) is 12.8 Å². The summed E-state index contributed by atoms with van der Waals surface area (Å²) in [6.07, 6.45) is 1.42. The van der Waals surface area contributed by atoms with Gasteiger partial charge in [-0.1, -0.05) is 44.2 Å². The van der Waals surface area contributed by atoms with E-state index in [-0.39, 0.29) is 0 Å².